The van der Waals surface area contributed by atoms with E-state index >= 15 is 0 Å². The van der Waals surface area contributed by atoms with Crippen molar-refractivity contribution in [1.82, 2.24) is 0 Å². The quantitative estimate of drug-likeness (QED) is 0.725. The maximum absolute atomic E-state index is 8.59. The third kappa shape index (κ3) is 2.50. The topological polar surface area (TPSA) is 38.7 Å². The largest absolute Gasteiger partial charge is 0.496 e. The molecule has 0 aromatic heterocycles. The van der Waals surface area contributed by atoms with Crippen LogP contribution in [0, 0.1) is 0 Å². The van der Waals surface area contributed by atoms with E-state index in [1.807, 2.05) is 24.3 Å². The Hall–Kier alpha value is -1.48. The Morgan fingerprint density at radius 1 is 1.43 bits per heavy atom. The van der Waals surface area contributed by atoms with Gasteiger partial charge in [-0.25, -0.2) is 0 Å². The first-order valence-corrected chi connectivity index (χ1v) is 4.35. The number of ether oxygens (including phenoxy) is 2. The lowest BCUT2D eigenvalue weighted by atomic mass is 10.2. The fourth-order valence-corrected chi connectivity index (χ4v) is 1.12. The Kier molecular flexibility index (Phi) is 4.01. The van der Waals surface area contributed by atoms with Gasteiger partial charge in [0.1, 0.15) is 18.1 Å². The van der Waals surface area contributed by atoms with Gasteiger partial charge in [-0.05, 0) is 12.1 Å². The molecule has 76 valence electrons. The zero-order chi connectivity index (χ0) is 10.4. The number of methoxy groups -OCH3 is 1. The van der Waals surface area contributed by atoms with Crippen LogP contribution in [0.5, 0.6) is 5.75 Å². The van der Waals surface area contributed by atoms with Gasteiger partial charge in [0.15, 0.2) is 0 Å². The molecule has 0 fully saturated rings. The second kappa shape index (κ2) is 5.29. The van der Waals surface area contributed by atoms with E-state index in [1.165, 1.54) is 0 Å². The van der Waals surface area contributed by atoms with Crippen LogP contribution >= 0.6 is 0 Å². The van der Waals surface area contributed by atoms with Gasteiger partial charge in [0, 0.05) is 0 Å². The predicted octanol–water partition coefficient (Wildman–Crippen LogP) is 1.67. The maximum atomic E-state index is 8.59. The summed E-state index contributed by atoms with van der Waals surface area (Å²) in [5.41, 5.74) is 0.809. The van der Waals surface area contributed by atoms with E-state index < -0.39 is 0 Å². The highest BCUT2D eigenvalue weighted by molar-refractivity contribution is 5.63. The summed E-state index contributed by atoms with van der Waals surface area (Å²) >= 11 is 0. The van der Waals surface area contributed by atoms with Crippen molar-refractivity contribution in [2.24, 2.45) is 0 Å². The zero-order valence-corrected chi connectivity index (χ0v) is 8.19. The van der Waals surface area contributed by atoms with Gasteiger partial charge in [-0.3, -0.25) is 0 Å². The lowest BCUT2D eigenvalue weighted by Crippen LogP contribution is -1.99. The van der Waals surface area contributed by atoms with Crippen LogP contribution < -0.4 is 4.74 Å². The van der Waals surface area contributed by atoms with Crippen molar-refractivity contribution in [3.63, 3.8) is 0 Å². The van der Waals surface area contributed by atoms with E-state index in [-0.39, 0.29) is 13.2 Å². The van der Waals surface area contributed by atoms with E-state index in [2.05, 4.69) is 6.58 Å². The number of aliphatic hydroxyl groups excluding tert-OH is 1. The van der Waals surface area contributed by atoms with Crippen molar-refractivity contribution >= 4 is 5.76 Å². The second-order valence-corrected chi connectivity index (χ2v) is 2.70. The highest BCUT2D eigenvalue weighted by Gasteiger charge is 2.05. The minimum Gasteiger partial charge on any atom is -0.496 e. The Morgan fingerprint density at radius 3 is 2.79 bits per heavy atom. The molecule has 0 atom stereocenters. The van der Waals surface area contributed by atoms with Crippen LogP contribution in [0.25, 0.3) is 5.76 Å². The molecular formula is C11H14O3. The van der Waals surface area contributed by atoms with E-state index in [1.54, 1.807) is 7.11 Å². The zero-order valence-electron chi connectivity index (χ0n) is 8.19. The van der Waals surface area contributed by atoms with E-state index in [4.69, 9.17) is 14.6 Å². The molecule has 1 aromatic rings. The molecule has 0 bridgehead atoms. The molecule has 0 unspecified atom stereocenters. The van der Waals surface area contributed by atoms with Crippen LogP contribution in [0.3, 0.4) is 0 Å². The maximum Gasteiger partial charge on any atom is 0.129 e. The first kappa shape index (κ1) is 10.6. The van der Waals surface area contributed by atoms with Crippen molar-refractivity contribution in [3.05, 3.63) is 36.4 Å². The first-order valence-electron chi connectivity index (χ1n) is 4.35. The minimum absolute atomic E-state index is 0.0197. The number of hydrogen-bond donors (Lipinski definition) is 1. The highest BCUT2D eigenvalue weighted by Crippen LogP contribution is 2.24. The molecule has 0 saturated heterocycles. The van der Waals surface area contributed by atoms with Gasteiger partial charge in [0.25, 0.3) is 0 Å². The standard InChI is InChI=1S/C11H14O3/c1-9(14-8-7-12)10-5-3-4-6-11(10)13-2/h3-6,12H,1,7-8H2,2H3. The first-order chi connectivity index (χ1) is 6.79. The third-order valence-corrected chi connectivity index (χ3v) is 1.77. The smallest absolute Gasteiger partial charge is 0.129 e. The molecule has 3 heteroatoms. The summed E-state index contributed by atoms with van der Waals surface area (Å²) in [6, 6.07) is 7.45. The Labute approximate surface area is 83.6 Å². The normalized spacial score (nSPS) is 9.57. The minimum atomic E-state index is -0.0197. The van der Waals surface area contributed by atoms with Crippen LogP contribution in [0.2, 0.25) is 0 Å². The van der Waals surface area contributed by atoms with Gasteiger partial charge in [0.2, 0.25) is 0 Å². The summed E-state index contributed by atoms with van der Waals surface area (Å²) in [5.74, 6) is 1.23. The monoisotopic (exact) mass is 194 g/mol. The predicted molar refractivity (Wildman–Crippen MR) is 55.1 cm³/mol. The number of aliphatic hydroxyl groups is 1. The van der Waals surface area contributed by atoms with Crippen LogP contribution in [0.1, 0.15) is 5.56 Å². The van der Waals surface area contributed by atoms with Crippen LogP contribution in [0.4, 0.5) is 0 Å². The molecule has 1 aromatic carbocycles. The summed E-state index contributed by atoms with van der Waals surface area (Å²) in [6.45, 7) is 3.98. The molecule has 0 radical (unpaired) electrons. The molecule has 0 aliphatic rings. The van der Waals surface area contributed by atoms with Gasteiger partial charge in [-0.2, -0.15) is 0 Å². The van der Waals surface area contributed by atoms with Crippen molar-refractivity contribution in [1.29, 1.82) is 0 Å². The summed E-state index contributed by atoms with van der Waals surface area (Å²) in [7, 11) is 1.60. The number of rotatable bonds is 5. The molecule has 0 spiro atoms. The molecule has 14 heavy (non-hydrogen) atoms. The molecule has 0 aliphatic carbocycles. The molecule has 0 heterocycles. The fourth-order valence-electron chi connectivity index (χ4n) is 1.12. The molecule has 0 amide bonds. The van der Waals surface area contributed by atoms with E-state index in [0.717, 1.165) is 11.3 Å². The average molecular weight is 194 g/mol. The van der Waals surface area contributed by atoms with Crippen molar-refractivity contribution in [3.8, 4) is 5.75 Å². The molecule has 0 saturated carbocycles. The molecular weight excluding hydrogens is 180 g/mol. The van der Waals surface area contributed by atoms with Gasteiger partial charge < -0.3 is 14.6 Å². The number of benzene rings is 1. The van der Waals surface area contributed by atoms with Gasteiger partial charge in [-0.1, -0.05) is 18.7 Å². The summed E-state index contributed by atoms with van der Waals surface area (Å²) in [5, 5.41) is 8.59. The lowest BCUT2D eigenvalue weighted by molar-refractivity contribution is 0.180. The average Bonchev–Trinajstić information content (AvgIpc) is 2.25. The van der Waals surface area contributed by atoms with Crippen molar-refractivity contribution in [2.45, 2.75) is 0 Å². The second-order valence-electron chi connectivity index (χ2n) is 2.70. The Balaban J connectivity index is 2.78. The fraction of sp³-hybridized carbons (Fsp3) is 0.273. The summed E-state index contributed by atoms with van der Waals surface area (Å²) < 4.78 is 10.3. The molecule has 3 nitrogen and oxygen atoms in total. The summed E-state index contributed by atoms with van der Waals surface area (Å²) in [6.07, 6.45) is 0. The highest BCUT2D eigenvalue weighted by atomic mass is 16.5. The van der Waals surface area contributed by atoms with Gasteiger partial charge in [-0.15, -0.1) is 0 Å². The molecule has 1 rings (SSSR count). The number of para-hydroxylation sites is 1. The van der Waals surface area contributed by atoms with Crippen LogP contribution in [-0.4, -0.2) is 25.4 Å². The van der Waals surface area contributed by atoms with Gasteiger partial charge in [0.05, 0.1) is 19.3 Å². The molecule has 0 aliphatic heterocycles. The SMILES string of the molecule is C=C(OCCO)c1ccccc1OC. The third-order valence-electron chi connectivity index (χ3n) is 1.77. The number of hydrogen-bond acceptors (Lipinski definition) is 3. The Bertz CT molecular complexity index is 307. The van der Waals surface area contributed by atoms with Crippen LogP contribution in [0.15, 0.2) is 30.8 Å². The van der Waals surface area contributed by atoms with Crippen molar-refractivity contribution < 1.29 is 14.6 Å². The summed E-state index contributed by atoms with van der Waals surface area (Å²) in [4.78, 5) is 0. The Morgan fingerprint density at radius 2 is 2.14 bits per heavy atom. The van der Waals surface area contributed by atoms with Crippen molar-refractivity contribution in [2.75, 3.05) is 20.3 Å². The van der Waals surface area contributed by atoms with Gasteiger partial charge >= 0.3 is 0 Å². The molecule has 1 N–H and O–H groups in total. The van der Waals surface area contributed by atoms with E-state index in [0.29, 0.717) is 5.76 Å². The van der Waals surface area contributed by atoms with E-state index in [9.17, 15) is 0 Å². The van der Waals surface area contributed by atoms with Crippen LogP contribution in [-0.2, 0) is 4.74 Å². The lowest BCUT2D eigenvalue weighted by Gasteiger charge is -2.11.